The Kier molecular flexibility index (Phi) is 3.75. The van der Waals surface area contributed by atoms with E-state index in [-0.39, 0.29) is 6.04 Å². The molecular formula is C12H16F3N3. The van der Waals surface area contributed by atoms with Gasteiger partial charge in [0, 0.05) is 31.5 Å². The van der Waals surface area contributed by atoms with Crippen LogP contribution in [0, 0.1) is 6.92 Å². The first-order valence-corrected chi connectivity index (χ1v) is 5.90. The van der Waals surface area contributed by atoms with Gasteiger partial charge in [0.25, 0.3) is 0 Å². The minimum absolute atomic E-state index is 0.0657. The largest absolute Gasteiger partial charge is 0.401 e. The third-order valence-corrected chi connectivity index (χ3v) is 2.92. The van der Waals surface area contributed by atoms with Crippen LogP contribution in [0.1, 0.15) is 12.0 Å². The number of aromatic nitrogens is 1. The molecule has 0 radical (unpaired) electrons. The van der Waals surface area contributed by atoms with Crippen LogP contribution in [0.5, 0.6) is 0 Å². The Labute approximate surface area is 104 Å². The van der Waals surface area contributed by atoms with Crippen molar-refractivity contribution in [3.8, 4) is 0 Å². The van der Waals surface area contributed by atoms with Crippen LogP contribution >= 0.6 is 0 Å². The van der Waals surface area contributed by atoms with E-state index in [1.165, 1.54) is 4.90 Å². The summed E-state index contributed by atoms with van der Waals surface area (Å²) in [5.74, 6) is 0. The summed E-state index contributed by atoms with van der Waals surface area (Å²) in [6, 6.07) is 2.01. The molecule has 1 aliphatic heterocycles. The minimum atomic E-state index is -4.11. The second kappa shape index (κ2) is 5.14. The molecule has 0 spiro atoms. The predicted molar refractivity (Wildman–Crippen MR) is 63.5 cm³/mol. The summed E-state index contributed by atoms with van der Waals surface area (Å²) in [5, 5.41) is 3.23. The van der Waals surface area contributed by atoms with Gasteiger partial charge in [-0.1, -0.05) is 0 Å². The first-order valence-electron chi connectivity index (χ1n) is 5.90. The maximum Gasteiger partial charge on any atom is 0.401 e. The zero-order valence-electron chi connectivity index (χ0n) is 10.2. The van der Waals surface area contributed by atoms with Gasteiger partial charge in [-0.15, -0.1) is 0 Å². The average Bonchev–Trinajstić information content (AvgIpc) is 2.62. The first kappa shape index (κ1) is 13.1. The van der Waals surface area contributed by atoms with Crippen LogP contribution in [0.25, 0.3) is 0 Å². The summed E-state index contributed by atoms with van der Waals surface area (Å²) in [6.07, 6.45) is 0.0546. The molecule has 1 aliphatic rings. The number of hydrogen-bond acceptors (Lipinski definition) is 3. The Morgan fingerprint density at radius 1 is 1.44 bits per heavy atom. The third-order valence-electron chi connectivity index (χ3n) is 2.92. The summed E-state index contributed by atoms with van der Waals surface area (Å²) >= 11 is 0. The second-order valence-electron chi connectivity index (χ2n) is 4.73. The van der Waals surface area contributed by atoms with Crippen LogP contribution in [0.4, 0.5) is 18.9 Å². The van der Waals surface area contributed by atoms with E-state index in [1.54, 1.807) is 12.4 Å². The van der Waals surface area contributed by atoms with Gasteiger partial charge in [0.05, 0.1) is 12.2 Å². The topological polar surface area (TPSA) is 28.2 Å². The number of aryl methyl sites for hydroxylation is 1. The molecule has 0 amide bonds. The van der Waals surface area contributed by atoms with Crippen LogP contribution < -0.4 is 5.32 Å². The zero-order chi connectivity index (χ0) is 13.2. The quantitative estimate of drug-likeness (QED) is 0.903. The molecule has 6 heteroatoms. The van der Waals surface area contributed by atoms with Gasteiger partial charge in [-0.2, -0.15) is 13.2 Å². The van der Waals surface area contributed by atoms with Crippen LogP contribution in [0.2, 0.25) is 0 Å². The molecule has 1 fully saturated rings. The predicted octanol–water partition coefficient (Wildman–Crippen LogP) is 2.44. The van der Waals surface area contributed by atoms with Crippen molar-refractivity contribution in [2.75, 3.05) is 25.0 Å². The molecule has 1 atom stereocenters. The van der Waals surface area contributed by atoms with Gasteiger partial charge >= 0.3 is 6.18 Å². The maximum absolute atomic E-state index is 12.2. The molecule has 1 unspecified atom stereocenters. The monoisotopic (exact) mass is 259 g/mol. The van der Waals surface area contributed by atoms with E-state index < -0.39 is 12.7 Å². The molecule has 0 saturated carbocycles. The van der Waals surface area contributed by atoms with Crippen LogP contribution in [-0.4, -0.2) is 41.7 Å². The highest BCUT2D eigenvalue weighted by Gasteiger charge is 2.34. The molecule has 0 aliphatic carbocycles. The van der Waals surface area contributed by atoms with Gasteiger partial charge < -0.3 is 5.32 Å². The number of nitrogens with one attached hydrogen (secondary N) is 1. The lowest BCUT2D eigenvalue weighted by molar-refractivity contribution is -0.143. The van der Waals surface area contributed by atoms with E-state index in [4.69, 9.17) is 0 Å². The fourth-order valence-corrected chi connectivity index (χ4v) is 2.22. The second-order valence-corrected chi connectivity index (χ2v) is 4.73. The molecule has 1 saturated heterocycles. The molecule has 1 aromatic rings. The Hall–Kier alpha value is -1.30. The summed E-state index contributed by atoms with van der Waals surface area (Å²) in [6.45, 7) is 2.02. The van der Waals surface area contributed by atoms with Crippen molar-refractivity contribution in [1.29, 1.82) is 0 Å². The first-order chi connectivity index (χ1) is 8.42. The Bertz CT molecular complexity index is 406. The van der Waals surface area contributed by atoms with Gasteiger partial charge in [0.2, 0.25) is 0 Å². The molecule has 2 rings (SSSR count). The van der Waals surface area contributed by atoms with E-state index in [0.29, 0.717) is 13.1 Å². The van der Waals surface area contributed by atoms with Gasteiger partial charge in [0.15, 0.2) is 0 Å². The molecule has 0 aromatic carbocycles. The van der Waals surface area contributed by atoms with Crippen molar-refractivity contribution >= 4 is 5.69 Å². The third kappa shape index (κ3) is 3.87. The van der Waals surface area contributed by atoms with Crippen LogP contribution in [0.3, 0.4) is 0 Å². The van der Waals surface area contributed by atoms with Crippen molar-refractivity contribution in [2.45, 2.75) is 25.6 Å². The highest BCUT2D eigenvalue weighted by Crippen LogP contribution is 2.21. The standard InChI is InChI=1S/C12H16F3N3/c1-9-4-11(6-16-5-9)17-10-2-3-18(7-10)8-12(13,14)15/h4-6,10,17H,2-3,7-8H2,1H3. The summed E-state index contributed by atoms with van der Waals surface area (Å²) in [7, 11) is 0. The number of anilines is 1. The number of nitrogens with zero attached hydrogens (tertiary/aromatic N) is 2. The van der Waals surface area contributed by atoms with Crippen LogP contribution in [-0.2, 0) is 0 Å². The SMILES string of the molecule is Cc1cncc(NC2CCN(CC(F)(F)F)C2)c1. The van der Waals surface area contributed by atoms with Crippen molar-refractivity contribution in [3.63, 3.8) is 0 Å². The van der Waals surface area contributed by atoms with E-state index in [0.717, 1.165) is 17.7 Å². The molecule has 1 aromatic heterocycles. The Morgan fingerprint density at radius 2 is 2.22 bits per heavy atom. The molecule has 2 heterocycles. The van der Waals surface area contributed by atoms with Gasteiger partial charge in [-0.3, -0.25) is 9.88 Å². The maximum atomic E-state index is 12.2. The number of rotatable bonds is 3. The molecular weight excluding hydrogens is 243 g/mol. The number of hydrogen-bond donors (Lipinski definition) is 1. The number of alkyl halides is 3. The van der Waals surface area contributed by atoms with E-state index >= 15 is 0 Å². The molecule has 100 valence electrons. The lowest BCUT2D eigenvalue weighted by Gasteiger charge is -2.18. The number of likely N-dealkylation sites (tertiary alicyclic amines) is 1. The lowest BCUT2D eigenvalue weighted by atomic mass is 10.2. The zero-order valence-corrected chi connectivity index (χ0v) is 10.2. The fraction of sp³-hybridized carbons (Fsp3) is 0.583. The summed E-state index contributed by atoms with van der Waals surface area (Å²) < 4.78 is 36.7. The average molecular weight is 259 g/mol. The van der Waals surface area contributed by atoms with Crippen molar-refractivity contribution in [1.82, 2.24) is 9.88 Å². The summed E-state index contributed by atoms with van der Waals surface area (Å²) in [4.78, 5) is 5.48. The molecule has 18 heavy (non-hydrogen) atoms. The molecule has 1 N–H and O–H groups in total. The van der Waals surface area contributed by atoms with E-state index in [9.17, 15) is 13.2 Å². The van der Waals surface area contributed by atoms with Crippen molar-refractivity contribution < 1.29 is 13.2 Å². The Balaban J connectivity index is 1.86. The fourth-order valence-electron chi connectivity index (χ4n) is 2.22. The summed E-state index contributed by atoms with van der Waals surface area (Å²) in [5.41, 5.74) is 1.90. The molecule has 3 nitrogen and oxygen atoms in total. The van der Waals surface area contributed by atoms with Crippen molar-refractivity contribution in [2.24, 2.45) is 0 Å². The normalized spacial score (nSPS) is 21.2. The highest BCUT2D eigenvalue weighted by atomic mass is 19.4. The number of pyridine rings is 1. The van der Waals surface area contributed by atoms with E-state index in [1.807, 2.05) is 13.0 Å². The minimum Gasteiger partial charge on any atom is -0.380 e. The Morgan fingerprint density at radius 3 is 2.89 bits per heavy atom. The smallest absolute Gasteiger partial charge is 0.380 e. The highest BCUT2D eigenvalue weighted by molar-refractivity contribution is 5.43. The van der Waals surface area contributed by atoms with Gasteiger partial charge in [-0.25, -0.2) is 0 Å². The van der Waals surface area contributed by atoms with Crippen LogP contribution in [0.15, 0.2) is 18.5 Å². The number of halogens is 3. The van der Waals surface area contributed by atoms with E-state index in [2.05, 4.69) is 10.3 Å². The van der Waals surface area contributed by atoms with Gasteiger partial charge in [-0.05, 0) is 25.0 Å². The van der Waals surface area contributed by atoms with Crippen molar-refractivity contribution in [3.05, 3.63) is 24.0 Å². The molecule has 0 bridgehead atoms. The lowest BCUT2D eigenvalue weighted by Crippen LogP contribution is -2.34. The van der Waals surface area contributed by atoms with Gasteiger partial charge in [0.1, 0.15) is 0 Å².